The number of methoxy groups -OCH3 is 3. The fraction of sp³-hybridized carbons (Fsp3) is 0.222. The van der Waals surface area contributed by atoms with Crippen LogP contribution in [0.1, 0.15) is 5.56 Å². The molecule has 3 N–H and O–H groups in total. The molecule has 0 unspecified atom stereocenters. The highest BCUT2D eigenvalue weighted by Crippen LogP contribution is 2.34. The number of benzene rings is 2. The average Bonchev–Trinajstić information content (AvgIpc) is 2.71. The highest BCUT2D eigenvalue weighted by Gasteiger charge is 2.21. The van der Waals surface area contributed by atoms with E-state index in [-0.39, 0.29) is 34.3 Å². The number of nitro benzene ring substituents is 1. The fourth-order valence-corrected chi connectivity index (χ4v) is 2.60. The van der Waals surface area contributed by atoms with Crippen LogP contribution in [0.4, 0.5) is 11.4 Å². The number of nitrogens with one attached hydrogen (secondary N) is 3. The van der Waals surface area contributed by atoms with Gasteiger partial charge in [0.2, 0.25) is 5.91 Å². The summed E-state index contributed by atoms with van der Waals surface area (Å²) in [5, 5.41) is 14.3. The summed E-state index contributed by atoms with van der Waals surface area (Å²) < 4.78 is 15.3. The van der Waals surface area contributed by atoms with Crippen molar-refractivity contribution in [1.29, 1.82) is 0 Å². The van der Waals surface area contributed by atoms with Gasteiger partial charge in [-0.05, 0) is 30.4 Å². The molecule has 0 atom stereocenters. The maximum absolute atomic E-state index is 12.2. The molecule has 0 fully saturated rings. The Balaban J connectivity index is 2.01. The number of anilines is 1. The molecular weight excluding hydrogens is 400 g/mol. The van der Waals surface area contributed by atoms with Crippen LogP contribution < -0.4 is 30.4 Å². The largest absolute Gasteiger partial charge is 0.497 e. The van der Waals surface area contributed by atoms with Crippen LogP contribution in [0.5, 0.6) is 17.2 Å². The Morgan fingerprint density at radius 1 is 1.07 bits per heavy atom. The van der Waals surface area contributed by atoms with E-state index in [1.54, 1.807) is 31.4 Å². The van der Waals surface area contributed by atoms with Crippen molar-refractivity contribution in [3.8, 4) is 17.2 Å². The van der Waals surface area contributed by atoms with Gasteiger partial charge in [0.25, 0.3) is 5.69 Å². The van der Waals surface area contributed by atoms with Gasteiger partial charge in [0, 0.05) is 17.3 Å². The van der Waals surface area contributed by atoms with Crippen molar-refractivity contribution in [2.75, 3.05) is 26.6 Å². The van der Waals surface area contributed by atoms with Crippen LogP contribution in [0.25, 0.3) is 0 Å². The zero-order valence-electron chi connectivity index (χ0n) is 16.0. The van der Waals surface area contributed by atoms with E-state index in [9.17, 15) is 14.9 Å². The number of nitro groups is 1. The summed E-state index contributed by atoms with van der Waals surface area (Å²) in [6.07, 6.45) is -0.272. The first-order chi connectivity index (χ1) is 13.9. The molecule has 10 nitrogen and oxygen atoms in total. The van der Waals surface area contributed by atoms with Crippen molar-refractivity contribution in [3.63, 3.8) is 0 Å². The zero-order chi connectivity index (χ0) is 21.4. The molecule has 154 valence electrons. The molecule has 0 saturated heterocycles. The van der Waals surface area contributed by atoms with Crippen LogP contribution in [-0.2, 0) is 11.2 Å². The van der Waals surface area contributed by atoms with E-state index in [0.29, 0.717) is 11.4 Å². The number of ether oxygens (including phenoxy) is 3. The number of hydrogen-bond acceptors (Lipinski definition) is 7. The summed E-state index contributed by atoms with van der Waals surface area (Å²) in [6.45, 7) is 0. The number of nitrogens with zero attached hydrogens (tertiary/aromatic N) is 1. The minimum atomic E-state index is -0.590. The standard InChI is InChI=1S/C18H20N4O6S/c1-26-13-6-4-5-12(9-13)19-18(29)21-20-17(23)8-11-7-15(27-2)16(28-3)10-14(11)22(24)25/h4-7,9-10H,8H2,1-3H3,(H,20,23)(H2,19,21,29). The zero-order valence-corrected chi connectivity index (χ0v) is 16.8. The van der Waals surface area contributed by atoms with Gasteiger partial charge in [-0.2, -0.15) is 0 Å². The van der Waals surface area contributed by atoms with E-state index >= 15 is 0 Å². The van der Waals surface area contributed by atoms with Gasteiger partial charge in [-0.15, -0.1) is 0 Å². The molecular formula is C18H20N4O6S. The monoisotopic (exact) mass is 420 g/mol. The molecule has 0 aliphatic carbocycles. The maximum atomic E-state index is 12.2. The Morgan fingerprint density at radius 2 is 1.76 bits per heavy atom. The van der Waals surface area contributed by atoms with Gasteiger partial charge < -0.3 is 19.5 Å². The van der Waals surface area contributed by atoms with E-state index in [0.717, 1.165) is 0 Å². The molecule has 2 aromatic rings. The number of carbonyl (C=O) groups is 1. The second-order valence-corrected chi connectivity index (χ2v) is 6.04. The SMILES string of the molecule is COc1cccc(NC(=S)NNC(=O)Cc2cc(OC)c(OC)cc2[N+](=O)[O-])c1. The minimum absolute atomic E-state index is 0.133. The molecule has 0 aliphatic rings. The molecule has 0 aliphatic heterocycles. The van der Waals surface area contributed by atoms with Gasteiger partial charge in [-0.3, -0.25) is 25.8 Å². The second-order valence-electron chi connectivity index (χ2n) is 5.63. The predicted molar refractivity (Wildman–Crippen MR) is 110 cm³/mol. The Morgan fingerprint density at radius 3 is 2.38 bits per heavy atom. The first-order valence-electron chi connectivity index (χ1n) is 8.27. The maximum Gasteiger partial charge on any atom is 0.277 e. The van der Waals surface area contributed by atoms with Gasteiger partial charge in [-0.25, -0.2) is 0 Å². The van der Waals surface area contributed by atoms with Crippen LogP contribution in [0, 0.1) is 10.1 Å². The molecule has 11 heteroatoms. The quantitative estimate of drug-likeness (QED) is 0.351. The third-order valence-electron chi connectivity index (χ3n) is 3.78. The summed E-state index contributed by atoms with van der Waals surface area (Å²) in [4.78, 5) is 22.9. The smallest absolute Gasteiger partial charge is 0.277 e. The van der Waals surface area contributed by atoms with Crippen LogP contribution >= 0.6 is 12.2 Å². The van der Waals surface area contributed by atoms with Crippen molar-refractivity contribution in [1.82, 2.24) is 10.9 Å². The summed E-state index contributed by atoms with van der Waals surface area (Å²) in [6, 6.07) is 9.65. The second kappa shape index (κ2) is 10.1. The lowest BCUT2D eigenvalue weighted by molar-refractivity contribution is -0.385. The van der Waals surface area contributed by atoms with E-state index in [1.165, 1.54) is 26.4 Å². The molecule has 0 bridgehead atoms. The third-order valence-corrected chi connectivity index (χ3v) is 3.98. The lowest BCUT2D eigenvalue weighted by atomic mass is 10.1. The lowest BCUT2D eigenvalue weighted by Gasteiger charge is -2.13. The molecule has 0 radical (unpaired) electrons. The number of hydrazine groups is 1. The van der Waals surface area contributed by atoms with E-state index in [4.69, 9.17) is 26.4 Å². The number of thiocarbonyl (C=S) groups is 1. The molecule has 0 heterocycles. The van der Waals surface area contributed by atoms with Crippen molar-refractivity contribution >= 4 is 34.6 Å². The topological polar surface area (TPSA) is 124 Å². The number of hydrogen-bond donors (Lipinski definition) is 3. The third kappa shape index (κ3) is 5.94. The Bertz CT molecular complexity index is 921. The summed E-state index contributed by atoms with van der Waals surface area (Å²) in [5.41, 5.74) is 5.51. The predicted octanol–water partition coefficient (Wildman–Crippen LogP) is 2.18. The average molecular weight is 420 g/mol. The highest BCUT2D eigenvalue weighted by molar-refractivity contribution is 7.80. The molecule has 0 spiro atoms. The van der Waals surface area contributed by atoms with Gasteiger partial charge in [-0.1, -0.05) is 6.07 Å². The molecule has 2 rings (SSSR count). The number of amides is 1. The van der Waals surface area contributed by atoms with Crippen molar-refractivity contribution in [2.45, 2.75) is 6.42 Å². The van der Waals surface area contributed by atoms with Crippen molar-refractivity contribution < 1.29 is 23.9 Å². The fourth-order valence-electron chi connectivity index (χ4n) is 2.43. The van der Waals surface area contributed by atoms with Crippen LogP contribution in [0.15, 0.2) is 36.4 Å². The van der Waals surface area contributed by atoms with E-state index < -0.39 is 10.8 Å². The Kier molecular flexibility index (Phi) is 7.54. The summed E-state index contributed by atoms with van der Waals surface area (Å²) in [5.74, 6) is 0.590. The van der Waals surface area contributed by atoms with Crippen LogP contribution in [0.3, 0.4) is 0 Å². The molecule has 1 amide bonds. The Labute approximate surface area is 172 Å². The van der Waals surface area contributed by atoms with Gasteiger partial charge in [0.15, 0.2) is 16.6 Å². The molecule has 29 heavy (non-hydrogen) atoms. The van der Waals surface area contributed by atoms with Gasteiger partial charge in [0.05, 0.1) is 38.7 Å². The van der Waals surface area contributed by atoms with E-state index in [2.05, 4.69) is 16.2 Å². The minimum Gasteiger partial charge on any atom is -0.497 e. The van der Waals surface area contributed by atoms with Crippen molar-refractivity contribution in [3.05, 3.63) is 52.1 Å². The first kappa shape index (κ1) is 21.7. The number of rotatable bonds is 7. The van der Waals surface area contributed by atoms with E-state index in [1.807, 2.05) is 0 Å². The summed E-state index contributed by atoms with van der Waals surface area (Å²) in [7, 11) is 4.31. The van der Waals surface area contributed by atoms with Crippen LogP contribution in [-0.4, -0.2) is 37.3 Å². The van der Waals surface area contributed by atoms with Gasteiger partial charge in [0.1, 0.15) is 5.75 Å². The summed E-state index contributed by atoms with van der Waals surface area (Å²) >= 11 is 5.12. The van der Waals surface area contributed by atoms with Crippen LogP contribution in [0.2, 0.25) is 0 Å². The highest BCUT2D eigenvalue weighted by atomic mass is 32.1. The lowest BCUT2D eigenvalue weighted by Crippen LogP contribution is -2.44. The van der Waals surface area contributed by atoms with Crippen molar-refractivity contribution in [2.24, 2.45) is 0 Å². The molecule has 0 aromatic heterocycles. The number of carbonyl (C=O) groups excluding carboxylic acids is 1. The first-order valence-corrected chi connectivity index (χ1v) is 8.68. The molecule has 2 aromatic carbocycles. The normalized spacial score (nSPS) is 9.90. The molecule has 0 saturated carbocycles. The Hall–Kier alpha value is -3.60. The van der Waals surface area contributed by atoms with Gasteiger partial charge >= 0.3 is 0 Å².